The van der Waals surface area contributed by atoms with Gasteiger partial charge in [0.05, 0.1) is 6.42 Å². The number of hydrogen-bond acceptors (Lipinski definition) is 2. The molecule has 3 amide bonds. The third-order valence-electron chi connectivity index (χ3n) is 1.65. The number of nitrogens with one attached hydrogen (secondary N) is 1. The fraction of sp³-hybridized carbons (Fsp3) is 0.750. The Kier molecular flexibility index (Phi) is 6.17. The van der Waals surface area contributed by atoms with Crippen molar-refractivity contribution in [1.82, 2.24) is 10.2 Å². The maximum absolute atomic E-state index is 11.8. The minimum Gasteiger partial charge on any atom is -0.327 e. The number of hydrogen-bond donors (Lipinski definition) is 1. The minimum atomic E-state index is -4.32. The molecule has 16 heavy (non-hydrogen) atoms. The number of imide groups is 1. The van der Waals surface area contributed by atoms with Gasteiger partial charge in [-0.2, -0.15) is 13.2 Å². The molecule has 0 aliphatic carbocycles. The molecule has 0 radical (unpaired) electrons. The lowest BCUT2D eigenvalue weighted by molar-refractivity contribution is -0.136. The van der Waals surface area contributed by atoms with Gasteiger partial charge in [-0.05, 0) is 0 Å². The summed E-state index contributed by atoms with van der Waals surface area (Å²) in [6, 6.07) is -0.862. The second kappa shape index (κ2) is 6.57. The summed E-state index contributed by atoms with van der Waals surface area (Å²) < 4.78 is 35.5. The number of rotatable bonds is 4. The zero-order valence-corrected chi connectivity index (χ0v) is 9.36. The lowest BCUT2D eigenvalue weighted by Gasteiger charge is -2.17. The van der Waals surface area contributed by atoms with Gasteiger partial charge in [0.15, 0.2) is 0 Å². The Labute approximate surface area is 95.7 Å². The molecule has 0 rings (SSSR count). The van der Waals surface area contributed by atoms with E-state index in [9.17, 15) is 22.8 Å². The van der Waals surface area contributed by atoms with Crippen molar-refractivity contribution in [2.45, 2.75) is 19.0 Å². The van der Waals surface area contributed by atoms with E-state index in [0.29, 0.717) is 0 Å². The van der Waals surface area contributed by atoms with Gasteiger partial charge >= 0.3 is 12.2 Å². The molecule has 8 heteroatoms. The first-order valence-electron chi connectivity index (χ1n) is 4.44. The van der Waals surface area contributed by atoms with E-state index in [1.54, 1.807) is 0 Å². The van der Waals surface area contributed by atoms with Crippen LogP contribution in [0.4, 0.5) is 18.0 Å². The van der Waals surface area contributed by atoms with Crippen LogP contribution in [-0.4, -0.2) is 42.5 Å². The molecular weight excluding hydrogens is 249 g/mol. The SMILES string of the molecule is CN(CCC(F)(F)F)C(=O)NC(=O)CCCl. The van der Waals surface area contributed by atoms with Crippen LogP contribution in [0.5, 0.6) is 0 Å². The number of alkyl halides is 4. The van der Waals surface area contributed by atoms with Crippen molar-refractivity contribution in [3.63, 3.8) is 0 Å². The molecular formula is C8H12ClF3N2O2. The van der Waals surface area contributed by atoms with Gasteiger partial charge in [0.2, 0.25) is 5.91 Å². The molecule has 0 fully saturated rings. The van der Waals surface area contributed by atoms with Gasteiger partial charge in [-0.3, -0.25) is 10.1 Å². The highest BCUT2D eigenvalue weighted by Crippen LogP contribution is 2.19. The average molecular weight is 261 g/mol. The lowest BCUT2D eigenvalue weighted by Crippen LogP contribution is -2.42. The summed E-state index contributed by atoms with van der Waals surface area (Å²) in [6.45, 7) is -0.497. The quantitative estimate of drug-likeness (QED) is 0.783. The first kappa shape index (κ1) is 15.0. The number of carbonyl (C=O) groups excluding carboxylic acids is 2. The van der Waals surface area contributed by atoms with Crippen LogP contribution in [0.25, 0.3) is 0 Å². The maximum Gasteiger partial charge on any atom is 0.390 e. The Morgan fingerprint density at radius 2 is 1.94 bits per heavy atom. The molecule has 0 atom stereocenters. The van der Waals surface area contributed by atoms with Gasteiger partial charge < -0.3 is 4.90 Å². The molecule has 0 unspecified atom stereocenters. The van der Waals surface area contributed by atoms with E-state index < -0.39 is 31.1 Å². The van der Waals surface area contributed by atoms with E-state index in [0.717, 1.165) is 4.90 Å². The topological polar surface area (TPSA) is 49.4 Å². The lowest BCUT2D eigenvalue weighted by atomic mass is 10.4. The van der Waals surface area contributed by atoms with Crippen LogP contribution >= 0.6 is 11.6 Å². The van der Waals surface area contributed by atoms with Crippen molar-refractivity contribution in [2.24, 2.45) is 0 Å². The second-order valence-corrected chi connectivity index (χ2v) is 3.46. The van der Waals surface area contributed by atoms with Crippen LogP contribution in [-0.2, 0) is 4.79 Å². The summed E-state index contributed by atoms with van der Waals surface area (Å²) in [5.41, 5.74) is 0. The van der Waals surface area contributed by atoms with E-state index >= 15 is 0 Å². The molecule has 0 spiro atoms. The third-order valence-corrected chi connectivity index (χ3v) is 1.83. The number of urea groups is 1. The summed E-state index contributed by atoms with van der Waals surface area (Å²) in [5.74, 6) is -0.565. The Balaban J connectivity index is 3.95. The van der Waals surface area contributed by atoms with Crippen LogP contribution in [0.3, 0.4) is 0 Å². The summed E-state index contributed by atoms with van der Waals surface area (Å²) in [7, 11) is 1.18. The molecule has 0 aliphatic rings. The van der Waals surface area contributed by atoms with Gasteiger partial charge in [-0.25, -0.2) is 4.79 Å². The van der Waals surface area contributed by atoms with Gasteiger partial charge in [-0.15, -0.1) is 11.6 Å². The highest BCUT2D eigenvalue weighted by molar-refractivity contribution is 6.19. The zero-order chi connectivity index (χ0) is 12.8. The summed E-state index contributed by atoms with van der Waals surface area (Å²) >= 11 is 5.25. The van der Waals surface area contributed by atoms with Crippen molar-refractivity contribution in [1.29, 1.82) is 0 Å². The van der Waals surface area contributed by atoms with Crippen molar-refractivity contribution in [2.75, 3.05) is 19.5 Å². The molecule has 1 N–H and O–H groups in total. The second-order valence-electron chi connectivity index (χ2n) is 3.08. The molecule has 0 saturated heterocycles. The average Bonchev–Trinajstić information content (AvgIpc) is 2.13. The largest absolute Gasteiger partial charge is 0.390 e. The van der Waals surface area contributed by atoms with Crippen molar-refractivity contribution < 1.29 is 22.8 Å². The monoisotopic (exact) mass is 260 g/mol. The van der Waals surface area contributed by atoms with Crippen LogP contribution in [0, 0.1) is 0 Å². The van der Waals surface area contributed by atoms with Crippen molar-refractivity contribution in [3.8, 4) is 0 Å². The molecule has 0 aromatic heterocycles. The summed E-state index contributed by atoms with van der Waals surface area (Å²) in [6.07, 6.45) is -5.49. The van der Waals surface area contributed by atoms with Gasteiger partial charge in [-0.1, -0.05) is 0 Å². The van der Waals surface area contributed by atoms with Crippen LogP contribution in [0.1, 0.15) is 12.8 Å². The highest BCUT2D eigenvalue weighted by Gasteiger charge is 2.28. The van der Waals surface area contributed by atoms with E-state index in [1.807, 2.05) is 5.32 Å². The first-order valence-corrected chi connectivity index (χ1v) is 4.97. The van der Waals surface area contributed by atoms with Crippen LogP contribution in [0.2, 0.25) is 0 Å². The van der Waals surface area contributed by atoms with E-state index in [4.69, 9.17) is 11.6 Å². The van der Waals surface area contributed by atoms with E-state index in [2.05, 4.69) is 0 Å². The van der Waals surface area contributed by atoms with Crippen molar-refractivity contribution in [3.05, 3.63) is 0 Å². The Morgan fingerprint density at radius 3 is 2.38 bits per heavy atom. The molecule has 0 aromatic rings. The molecule has 0 heterocycles. The van der Waals surface area contributed by atoms with Gasteiger partial charge in [0, 0.05) is 25.9 Å². The van der Waals surface area contributed by atoms with E-state index in [1.165, 1.54) is 7.05 Å². The van der Waals surface area contributed by atoms with E-state index in [-0.39, 0.29) is 12.3 Å². The Bertz CT molecular complexity index is 258. The zero-order valence-electron chi connectivity index (χ0n) is 8.60. The number of amides is 3. The smallest absolute Gasteiger partial charge is 0.327 e. The predicted octanol–water partition coefficient (Wildman–Crippen LogP) is 1.74. The minimum absolute atomic E-state index is 0.0470. The van der Waals surface area contributed by atoms with Crippen LogP contribution < -0.4 is 5.32 Å². The normalized spacial score (nSPS) is 11.1. The third kappa shape index (κ3) is 7.33. The molecule has 94 valence electrons. The summed E-state index contributed by atoms with van der Waals surface area (Å²) in [4.78, 5) is 22.8. The highest BCUT2D eigenvalue weighted by atomic mass is 35.5. The van der Waals surface area contributed by atoms with Crippen LogP contribution in [0.15, 0.2) is 0 Å². The number of nitrogens with zero attached hydrogens (tertiary/aromatic N) is 1. The molecule has 0 aliphatic heterocycles. The van der Waals surface area contributed by atoms with Gasteiger partial charge in [0.25, 0.3) is 0 Å². The fourth-order valence-electron chi connectivity index (χ4n) is 0.759. The predicted molar refractivity (Wildman–Crippen MR) is 52.2 cm³/mol. The Morgan fingerprint density at radius 1 is 1.38 bits per heavy atom. The number of carbonyl (C=O) groups is 2. The first-order chi connectivity index (χ1) is 7.26. The Hall–Kier alpha value is -0.980. The molecule has 0 saturated carbocycles. The summed E-state index contributed by atoms with van der Waals surface area (Å²) in [5, 5.41) is 1.91. The van der Waals surface area contributed by atoms with Crippen molar-refractivity contribution >= 4 is 23.5 Å². The molecule has 0 aromatic carbocycles. The molecule has 0 bridgehead atoms. The standard InChI is InChI=1S/C8H12ClF3N2O2/c1-14(5-3-8(10,11)12)7(16)13-6(15)2-4-9/h2-5H2,1H3,(H,13,15,16). The number of halogens is 4. The molecule has 4 nitrogen and oxygen atoms in total. The fourth-order valence-corrected chi connectivity index (χ4v) is 0.931. The maximum atomic E-state index is 11.8. The van der Waals surface area contributed by atoms with Gasteiger partial charge in [0.1, 0.15) is 0 Å².